The van der Waals surface area contributed by atoms with Gasteiger partial charge in [0.1, 0.15) is 5.82 Å². The molecule has 0 saturated carbocycles. The molecule has 0 amide bonds. The quantitative estimate of drug-likeness (QED) is 0.461. The molecule has 0 aliphatic rings. The Morgan fingerprint density at radius 2 is 1.58 bits per heavy atom. The van der Waals surface area contributed by atoms with Crippen LogP contribution in [-0.2, 0) is 0 Å². The van der Waals surface area contributed by atoms with E-state index < -0.39 is 0 Å². The van der Waals surface area contributed by atoms with E-state index in [2.05, 4.69) is 53.9 Å². The monoisotopic (exact) mass is 448 g/mol. The van der Waals surface area contributed by atoms with E-state index in [1.165, 1.54) is 0 Å². The lowest BCUT2D eigenvalue weighted by atomic mass is 10.00. The number of alkyl halides is 1. The predicted octanol–water partition coefficient (Wildman–Crippen LogP) is 6.45. The first-order valence-electron chi connectivity index (χ1n) is 5.76. The van der Waals surface area contributed by atoms with Gasteiger partial charge < -0.3 is 0 Å². The summed E-state index contributed by atoms with van der Waals surface area (Å²) < 4.78 is 15.7. The van der Waals surface area contributed by atoms with Crippen LogP contribution in [0.4, 0.5) is 4.39 Å². The van der Waals surface area contributed by atoms with Crippen LogP contribution in [-0.4, -0.2) is 0 Å². The van der Waals surface area contributed by atoms with E-state index >= 15 is 0 Å². The Morgan fingerprint density at radius 1 is 1.00 bits per heavy atom. The molecule has 2 rings (SSSR count). The Bertz CT molecular complexity index is 600. The average Bonchev–Trinajstić information content (AvgIpc) is 2.37. The van der Waals surface area contributed by atoms with Crippen LogP contribution in [0.15, 0.2) is 39.3 Å². The first kappa shape index (κ1) is 15.2. The number of rotatable bonds is 2. The SMILES string of the molecule is Cc1cc(C(Br)c2cc(Br)ccc2Br)cc(C)c1F. The van der Waals surface area contributed by atoms with Crippen molar-refractivity contribution in [2.45, 2.75) is 18.7 Å². The normalized spacial score (nSPS) is 12.5. The summed E-state index contributed by atoms with van der Waals surface area (Å²) in [5.41, 5.74) is 3.51. The summed E-state index contributed by atoms with van der Waals surface area (Å²) in [4.78, 5) is 0.0253. The second kappa shape index (κ2) is 6.06. The van der Waals surface area contributed by atoms with E-state index in [9.17, 15) is 4.39 Å². The molecule has 1 unspecified atom stereocenters. The molecule has 100 valence electrons. The van der Waals surface area contributed by atoms with Gasteiger partial charge in [0.2, 0.25) is 0 Å². The molecule has 0 aliphatic heterocycles. The van der Waals surface area contributed by atoms with Crippen LogP contribution in [0.1, 0.15) is 27.1 Å². The lowest BCUT2D eigenvalue weighted by Gasteiger charge is -2.15. The highest BCUT2D eigenvalue weighted by Gasteiger charge is 2.16. The van der Waals surface area contributed by atoms with Crippen molar-refractivity contribution >= 4 is 47.8 Å². The number of aryl methyl sites for hydroxylation is 2. The Hall–Kier alpha value is -0.190. The fourth-order valence-corrected chi connectivity index (χ4v) is 3.82. The standard InChI is InChI=1S/C15H12Br3F/c1-8-5-10(6-9(2)15(8)19)14(18)12-7-11(16)3-4-13(12)17/h3-7,14H,1-2H3. The van der Waals surface area contributed by atoms with Gasteiger partial charge in [0.15, 0.2) is 0 Å². The second-order valence-electron chi connectivity index (χ2n) is 4.50. The molecule has 0 spiro atoms. The summed E-state index contributed by atoms with van der Waals surface area (Å²) in [6.45, 7) is 3.59. The Morgan fingerprint density at radius 3 is 2.16 bits per heavy atom. The summed E-state index contributed by atoms with van der Waals surface area (Å²) in [6, 6.07) is 9.80. The number of halogens is 4. The van der Waals surface area contributed by atoms with E-state index in [-0.39, 0.29) is 10.6 Å². The predicted molar refractivity (Wildman–Crippen MR) is 88.5 cm³/mol. The molecule has 0 fully saturated rings. The van der Waals surface area contributed by atoms with Crippen molar-refractivity contribution in [2.75, 3.05) is 0 Å². The molecule has 0 radical (unpaired) electrons. The summed E-state index contributed by atoms with van der Waals surface area (Å²) in [6.07, 6.45) is 0. The van der Waals surface area contributed by atoms with Crippen LogP contribution in [0.2, 0.25) is 0 Å². The van der Waals surface area contributed by atoms with Gasteiger partial charge in [-0.25, -0.2) is 4.39 Å². The highest BCUT2D eigenvalue weighted by Crippen LogP contribution is 2.37. The van der Waals surface area contributed by atoms with E-state index in [1.54, 1.807) is 13.8 Å². The van der Waals surface area contributed by atoms with Gasteiger partial charge in [0.05, 0.1) is 4.83 Å². The minimum Gasteiger partial charge on any atom is -0.206 e. The van der Waals surface area contributed by atoms with Gasteiger partial charge in [-0.3, -0.25) is 0 Å². The highest BCUT2D eigenvalue weighted by molar-refractivity contribution is 9.11. The van der Waals surface area contributed by atoms with E-state index in [1.807, 2.05) is 24.3 Å². The molecule has 2 aromatic carbocycles. The van der Waals surface area contributed by atoms with Crippen LogP contribution in [0, 0.1) is 19.7 Å². The minimum atomic E-state index is -0.128. The van der Waals surface area contributed by atoms with Crippen molar-refractivity contribution in [3.8, 4) is 0 Å². The zero-order valence-electron chi connectivity index (χ0n) is 10.5. The van der Waals surface area contributed by atoms with Crippen molar-refractivity contribution < 1.29 is 4.39 Å². The van der Waals surface area contributed by atoms with E-state index in [4.69, 9.17) is 0 Å². The number of hydrogen-bond donors (Lipinski definition) is 0. The largest absolute Gasteiger partial charge is 0.206 e. The number of hydrogen-bond acceptors (Lipinski definition) is 0. The highest BCUT2D eigenvalue weighted by atomic mass is 79.9. The molecule has 19 heavy (non-hydrogen) atoms. The van der Waals surface area contributed by atoms with Crippen LogP contribution in [0.5, 0.6) is 0 Å². The molecule has 0 heterocycles. The molecule has 1 atom stereocenters. The fraction of sp³-hybridized carbons (Fsp3) is 0.200. The van der Waals surface area contributed by atoms with E-state index in [0.29, 0.717) is 11.1 Å². The van der Waals surface area contributed by atoms with Crippen molar-refractivity contribution in [3.05, 3.63) is 67.3 Å². The number of benzene rings is 2. The topological polar surface area (TPSA) is 0 Å². The third-order valence-corrected chi connectivity index (χ3v) is 5.22. The van der Waals surface area contributed by atoms with Gasteiger partial charge in [-0.2, -0.15) is 0 Å². The molecule has 0 aliphatic carbocycles. The molecule has 0 nitrogen and oxygen atoms in total. The Kier molecular flexibility index (Phi) is 4.85. The van der Waals surface area contributed by atoms with Gasteiger partial charge in [0, 0.05) is 8.95 Å². The lowest BCUT2D eigenvalue weighted by Crippen LogP contribution is -1.98. The lowest BCUT2D eigenvalue weighted by molar-refractivity contribution is 0.608. The molecule has 0 N–H and O–H groups in total. The van der Waals surface area contributed by atoms with Gasteiger partial charge in [-0.15, -0.1) is 0 Å². The summed E-state index contributed by atoms with van der Waals surface area (Å²) in [5, 5.41) is 0. The van der Waals surface area contributed by atoms with Gasteiger partial charge in [-0.1, -0.05) is 59.9 Å². The van der Waals surface area contributed by atoms with Crippen molar-refractivity contribution in [1.82, 2.24) is 0 Å². The molecule has 4 heteroatoms. The molecular weight excluding hydrogens is 439 g/mol. The van der Waals surface area contributed by atoms with Crippen molar-refractivity contribution in [1.29, 1.82) is 0 Å². The molecule has 0 bridgehead atoms. The maximum atomic E-state index is 13.7. The Balaban J connectivity index is 2.49. The van der Waals surface area contributed by atoms with Crippen molar-refractivity contribution in [2.24, 2.45) is 0 Å². The smallest absolute Gasteiger partial charge is 0.129 e. The van der Waals surface area contributed by atoms with Gasteiger partial charge in [-0.05, 0) is 54.3 Å². The summed E-state index contributed by atoms with van der Waals surface area (Å²) in [5.74, 6) is -0.128. The van der Waals surface area contributed by atoms with Crippen LogP contribution >= 0.6 is 47.8 Å². The second-order valence-corrected chi connectivity index (χ2v) is 7.18. The molecule has 0 saturated heterocycles. The summed E-state index contributed by atoms with van der Waals surface area (Å²) >= 11 is 10.7. The van der Waals surface area contributed by atoms with Gasteiger partial charge >= 0.3 is 0 Å². The van der Waals surface area contributed by atoms with Crippen LogP contribution < -0.4 is 0 Å². The van der Waals surface area contributed by atoms with Gasteiger partial charge in [0.25, 0.3) is 0 Å². The zero-order valence-corrected chi connectivity index (χ0v) is 15.2. The van der Waals surface area contributed by atoms with E-state index in [0.717, 1.165) is 20.1 Å². The summed E-state index contributed by atoms with van der Waals surface area (Å²) in [7, 11) is 0. The third kappa shape index (κ3) is 3.29. The average molecular weight is 451 g/mol. The maximum Gasteiger partial charge on any atom is 0.129 e. The third-order valence-electron chi connectivity index (χ3n) is 2.98. The van der Waals surface area contributed by atoms with Crippen LogP contribution in [0.25, 0.3) is 0 Å². The van der Waals surface area contributed by atoms with Crippen LogP contribution in [0.3, 0.4) is 0 Å². The fourth-order valence-electron chi connectivity index (χ4n) is 2.01. The Labute approximate surface area is 137 Å². The molecule has 0 aromatic heterocycles. The molecular formula is C15H12Br3F. The van der Waals surface area contributed by atoms with Crippen molar-refractivity contribution in [3.63, 3.8) is 0 Å². The first-order valence-corrected chi connectivity index (χ1v) is 8.26. The zero-order chi connectivity index (χ0) is 14.2. The maximum absolute atomic E-state index is 13.7. The minimum absolute atomic E-state index is 0.0253. The molecule has 2 aromatic rings. The first-order chi connectivity index (χ1) is 8.90.